The fraction of sp³-hybridized carbons (Fsp3) is 0.118. The van der Waals surface area contributed by atoms with Crippen LogP contribution in [0.15, 0.2) is 60.7 Å². The summed E-state index contributed by atoms with van der Waals surface area (Å²) in [5.41, 5.74) is 2.72. The highest BCUT2D eigenvalue weighted by atomic mass is 19.1. The van der Waals surface area contributed by atoms with Crippen molar-refractivity contribution in [2.24, 2.45) is 0 Å². The Hall–Kier alpha value is -2.42. The Morgan fingerprint density at radius 3 is 2.15 bits per heavy atom. The molecule has 0 fully saturated rings. The van der Waals surface area contributed by atoms with Crippen molar-refractivity contribution in [2.45, 2.75) is 13.3 Å². The Morgan fingerprint density at radius 1 is 0.950 bits per heavy atom. The lowest BCUT2D eigenvalue weighted by atomic mass is 10.1. The number of hydrogen-bond acceptors (Lipinski definition) is 1. The number of para-hydroxylation sites is 1. The fourth-order valence-corrected chi connectivity index (χ4v) is 2.27. The molecule has 1 heterocycles. The molecule has 0 amide bonds. The molecular weight excluding hydrogens is 251 g/mol. The highest BCUT2D eigenvalue weighted by molar-refractivity contribution is 5.63. The summed E-state index contributed by atoms with van der Waals surface area (Å²) in [5.74, 6) is -0.234. The fourth-order valence-electron chi connectivity index (χ4n) is 2.27. The van der Waals surface area contributed by atoms with Crippen molar-refractivity contribution in [1.82, 2.24) is 9.78 Å². The zero-order chi connectivity index (χ0) is 13.9. The molecule has 0 bridgehead atoms. The first-order valence-corrected chi connectivity index (χ1v) is 6.69. The van der Waals surface area contributed by atoms with Gasteiger partial charge in [0.25, 0.3) is 0 Å². The first kappa shape index (κ1) is 12.6. The molecule has 0 atom stereocenters. The summed E-state index contributed by atoms with van der Waals surface area (Å²) in [5, 5.41) is 4.42. The molecule has 0 aliphatic carbocycles. The van der Waals surface area contributed by atoms with Gasteiger partial charge >= 0.3 is 0 Å². The van der Waals surface area contributed by atoms with Crippen molar-refractivity contribution < 1.29 is 4.39 Å². The number of hydrogen-bond donors (Lipinski definition) is 0. The summed E-state index contributed by atoms with van der Waals surface area (Å²) in [6.07, 6.45) is 0.575. The Morgan fingerprint density at radius 2 is 1.55 bits per heavy atom. The van der Waals surface area contributed by atoms with Gasteiger partial charge in [-0.25, -0.2) is 9.07 Å². The minimum absolute atomic E-state index is 0.234. The van der Waals surface area contributed by atoms with Gasteiger partial charge in [0.05, 0.1) is 11.4 Å². The van der Waals surface area contributed by atoms with Crippen molar-refractivity contribution >= 4 is 0 Å². The van der Waals surface area contributed by atoms with E-state index in [-0.39, 0.29) is 5.82 Å². The van der Waals surface area contributed by atoms with Crippen molar-refractivity contribution in [2.75, 3.05) is 0 Å². The summed E-state index contributed by atoms with van der Waals surface area (Å²) in [7, 11) is 0. The van der Waals surface area contributed by atoms with E-state index in [4.69, 9.17) is 0 Å². The standard InChI is InChI=1S/C17H15FN2/c1-2-15-16(18)17(13-9-5-3-6-10-13)20(19-15)14-11-7-4-8-12-14/h3-12H,2H2,1H3. The second-order valence-electron chi connectivity index (χ2n) is 4.58. The van der Waals surface area contributed by atoms with Crippen LogP contribution in [-0.2, 0) is 6.42 Å². The molecule has 2 aromatic carbocycles. The van der Waals surface area contributed by atoms with E-state index in [1.54, 1.807) is 4.68 Å². The second kappa shape index (κ2) is 5.29. The van der Waals surface area contributed by atoms with Gasteiger partial charge in [-0.3, -0.25) is 0 Å². The van der Waals surface area contributed by atoms with E-state index in [1.807, 2.05) is 67.6 Å². The molecular formula is C17H15FN2. The topological polar surface area (TPSA) is 17.8 Å². The van der Waals surface area contributed by atoms with Gasteiger partial charge in [0.1, 0.15) is 5.69 Å². The Kier molecular flexibility index (Phi) is 3.33. The van der Waals surface area contributed by atoms with Gasteiger partial charge in [-0.1, -0.05) is 55.5 Å². The average Bonchev–Trinajstić information content (AvgIpc) is 2.86. The SMILES string of the molecule is CCc1nn(-c2ccccc2)c(-c2ccccc2)c1F. The third-order valence-corrected chi connectivity index (χ3v) is 3.28. The van der Waals surface area contributed by atoms with Crippen LogP contribution in [0, 0.1) is 5.82 Å². The molecule has 0 unspecified atom stereocenters. The predicted molar refractivity (Wildman–Crippen MR) is 78.3 cm³/mol. The number of nitrogens with zero attached hydrogens (tertiary/aromatic N) is 2. The van der Waals surface area contributed by atoms with Crippen LogP contribution in [0.4, 0.5) is 4.39 Å². The van der Waals surface area contributed by atoms with Crippen molar-refractivity contribution in [1.29, 1.82) is 0 Å². The van der Waals surface area contributed by atoms with Crippen LogP contribution in [-0.4, -0.2) is 9.78 Å². The molecule has 0 radical (unpaired) electrons. The van der Waals surface area contributed by atoms with Gasteiger partial charge in [-0.15, -0.1) is 0 Å². The Bertz CT molecular complexity index is 703. The second-order valence-corrected chi connectivity index (χ2v) is 4.58. The maximum absolute atomic E-state index is 14.6. The average molecular weight is 266 g/mol. The molecule has 100 valence electrons. The highest BCUT2D eigenvalue weighted by Crippen LogP contribution is 2.27. The van der Waals surface area contributed by atoms with Crippen LogP contribution in [0.5, 0.6) is 0 Å². The largest absolute Gasteiger partial charge is 0.230 e. The van der Waals surface area contributed by atoms with Gasteiger partial charge in [-0.2, -0.15) is 5.10 Å². The van der Waals surface area contributed by atoms with E-state index in [9.17, 15) is 4.39 Å². The van der Waals surface area contributed by atoms with Crippen molar-refractivity contribution in [3.05, 3.63) is 72.2 Å². The first-order valence-electron chi connectivity index (χ1n) is 6.69. The van der Waals surface area contributed by atoms with Gasteiger partial charge < -0.3 is 0 Å². The summed E-state index contributed by atoms with van der Waals surface area (Å²) in [6, 6.07) is 19.2. The third-order valence-electron chi connectivity index (χ3n) is 3.28. The number of aromatic nitrogens is 2. The smallest absolute Gasteiger partial charge is 0.172 e. The Labute approximate surface area is 117 Å². The first-order chi connectivity index (χ1) is 9.81. The molecule has 0 aliphatic heterocycles. The minimum Gasteiger partial charge on any atom is -0.230 e. The van der Waals surface area contributed by atoms with Crippen LogP contribution in [0.25, 0.3) is 16.9 Å². The van der Waals surface area contributed by atoms with E-state index < -0.39 is 0 Å². The van der Waals surface area contributed by atoms with E-state index in [0.717, 1.165) is 11.3 Å². The van der Waals surface area contributed by atoms with Gasteiger partial charge in [0.15, 0.2) is 5.82 Å². The summed E-state index contributed by atoms with van der Waals surface area (Å²) < 4.78 is 16.3. The van der Waals surface area contributed by atoms with Gasteiger partial charge in [-0.05, 0) is 18.6 Å². The maximum atomic E-state index is 14.6. The van der Waals surface area contributed by atoms with Crippen LogP contribution in [0.3, 0.4) is 0 Å². The van der Waals surface area contributed by atoms with E-state index in [2.05, 4.69) is 5.10 Å². The lowest BCUT2D eigenvalue weighted by Gasteiger charge is -2.07. The lowest BCUT2D eigenvalue weighted by molar-refractivity contribution is 0.615. The molecule has 0 N–H and O–H groups in total. The molecule has 3 aromatic rings. The van der Waals surface area contributed by atoms with Gasteiger partial charge in [0.2, 0.25) is 0 Å². The molecule has 0 saturated carbocycles. The summed E-state index contributed by atoms with van der Waals surface area (Å²) in [4.78, 5) is 0. The van der Waals surface area contributed by atoms with Crippen LogP contribution < -0.4 is 0 Å². The molecule has 1 aromatic heterocycles. The van der Waals surface area contributed by atoms with E-state index in [1.165, 1.54) is 0 Å². The molecule has 3 rings (SSSR count). The zero-order valence-electron chi connectivity index (χ0n) is 11.3. The van der Waals surface area contributed by atoms with Crippen LogP contribution in [0.1, 0.15) is 12.6 Å². The lowest BCUT2D eigenvalue weighted by Crippen LogP contribution is -1.99. The molecule has 2 nitrogen and oxygen atoms in total. The summed E-state index contributed by atoms with van der Waals surface area (Å²) in [6.45, 7) is 1.91. The number of aryl methyl sites for hydroxylation is 1. The number of halogens is 1. The minimum atomic E-state index is -0.234. The Balaban J connectivity index is 2.25. The third kappa shape index (κ3) is 2.11. The van der Waals surface area contributed by atoms with Crippen LogP contribution >= 0.6 is 0 Å². The number of benzene rings is 2. The normalized spacial score (nSPS) is 10.7. The van der Waals surface area contributed by atoms with Gasteiger partial charge in [0, 0.05) is 5.56 Å². The molecule has 3 heteroatoms. The predicted octanol–water partition coefficient (Wildman–Crippen LogP) is 4.24. The van der Waals surface area contributed by atoms with E-state index >= 15 is 0 Å². The summed E-state index contributed by atoms with van der Waals surface area (Å²) >= 11 is 0. The molecule has 0 spiro atoms. The number of rotatable bonds is 3. The van der Waals surface area contributed by atoms with Crippen molar-refractivity contribution in [3.63, 3.8) is 0 Å². The van der Waals surface area contributed by atoms with E-state index in [0.29, 0.717) is 17.8 Å². The molecule has 20 heavy (non-hydrogen) atoms. The molecule has 0 saturated heterocycles. The quantitative estimate of drug-likeness (QED) is 0.693. The molecule has 0 aliphatic rings. The highest BCUT2D eigenvalue weighted by Gasteiger charge is 2.19. The zero-order valence-corrected chi connectivity index (χ0v) is 11.3. The van der Waals surface area contributed by atoms with Crippen molar-refractivity contribution in [3.8, 4) is 16.9 Å². The maximum Gasteiger partial charge on any atom is 0.172 e. The van der Waals surface area contributed by atoms with Crippen LogP contribution in [0.2, 0.25) is 0 Å². The monoisotopic (exact) mass is 266 g/mol.